The standard InChI is InChI=1S/C20H25N3O4S2/c1-14-6-5-9-22(10-14)18(25)13-28-12-17(24)21-20-23(11-19(26)27-2)15-7-3-4-8-16(15)29-20/h3-4,7-8,14H,5-6,9-13H2,1-2H3. The summed E-state index contributed by atoms with van der Waals surface area (Å²) in [5, 5.41) is 0. The third-order valence-electron chi connectivity index (χ3n) is 4.78. The van der Waals surface area contributed by atoms with Crippen LogP contribution in [0.25, 0.3) is 10.2 Å². The first-order chi connectivity index (χ1) is 14.0. The van der Waals surface area contributed by atoms with Gasteiger partial charge in [0.1, 0.15) is 6.54 Å². The van der Waals surface area contributed by atoms with Crippen molar-refractivity contribution in [2.45, 2.75) is 26.3 Å². The molecule has 0 aliphatic carbocycles. The molecule has 1 aliphatic heterocycles. The molecule has 0 saturated carbocycles. The fourth-order valence-electron chi connectivity index (χ4n) is 3.32. The van der Waals surface area contributed by atoms with Crippen molar-refractivity contribution in [2.75, 3.05) is 31.7 Å². The van der Waals surface area contributed by atoms with E-state index in [9.17, 15) is 14.4 Å². The van der Waals surface area contributed by atoms with Crippen LogP contribution in [0.1, 0.15) is 19.8 Å². The number of thioether (sulfide) groups is 1. The van der Waals surface area contributed by atoms with E-state index in [0.717, 1.165) is 36.1 Å². The van der Waals surface area contributed by atoms with Gasteiger partial charge >= 0.3 is 5.97 Å². The normalized spacial score (nSPS) is 17.5. The monoisotopic (exact) mass is 435 g/mol. The number of para-hydroxylation sites is 1. The van der Waals surface area contributed by atoms with Gasteiger partial charge in [0.05, 0.1) is 28.8 Å². The molecule has 2 heterocycles. The van der Waals surface area contributed by atoms with Crippen LogP contribution in [0.3, 0.4) is 0 Å². The zero-order chi connectivity index (χ0) is 20.8. The van der Waals surface area contributed by atoms with Gasteiger partial charge in [0, 0.05) is 13.1 Å². The maximum absolute atomic E-state index is 12.4. The van der Waals surface area contributed by atoms with Crippen molar-refractivity contribution < 1.29 is 19.1 Å². The molecule has 29 heavy (non-hydrogen) atoms. The number of fused-ring (bicyclic) bond motifs is 1. The number of rotatable bonds is 6. The quantitative estimate of drug-likeness (QED) is 0.651. The highest BCUT2D eigenvalue weighted by atomic mass is 32.2. The summed E-state index contributed by atoms with van der Waals surface area (Å²) < 4.78 is 7.39. The predicted octanol–water partition coefficient (Wildman–Crippen LogP) is 2.29. The summed E-state index contributed by atoms with van der Waals surface area (Å²) in [5.41, 5.74) is 0.830. The van der Waals surface area contributed by atoms with Crippen LogP contribution >= 0.6 is 23.1 Å². The minimum atomic E-state index is -0.404. The molecule has 0 spiro atoms. The lowest BCUT2D eigenvalue weighted by Crippen LogP contribution is -2.40. The molecule has 1 aromatic heterocycles. The van der Waals surface area contributed by atoms with Gasteiger partial charge in [-0.1, -0.05) is 30.4 Å². The van der Waals surface area contributed by atoms with Gasteiger partial charge in [-0.15, -0.1) is 11.8 Å². The molecule has 1 fully saturated rings. The smallest absolute Gasteiger partial charge is 0.325 e. The highest BCUT2D eigenvalue weighted by molar-refractivity contribution is 8.00. The zero-order valence-corrected chi connectivity index (χ0v) is 18.3. The zero-order valence-electron chi connectivity index (χ0n) is 16.6. The second kappa shape index (κ2) is 10.1. The summed E-state index contributed by atoms with van der Waals surface area (Å²) >= 11 is 2.63. The van der Waals surface area contributed by atoms with Crippen LogP contribution in [-0.2, 0) is 25.7 Å². The molecule has 7 nitrogen and oxygen atoms in total. The lowest BCUT2D eigenvalue weighted by molar-refractivity contribution is -0.141. The summed E-state index contributed by atoms with van der Waals surface area (Å²) in [4.78, 5) is 43.0. The summed E-state index contributed by atoms with van der Waals surface area (Å²) in [5.74, 6) is 0.298. The second-order valence-electron chi connectivity index (χ2n) is 7.10. The fraction of sp³-hybridized carbons (Fsp3) is 0.500. The fourth-order valence-corrected chi connectivity index (χ4v) is 5.07. The maximum Gasteiger partial charge on any atom is 0.325 e. The van der Waals surface area contributed by atoms with Crippen LogP contribution in [0, 0.1) is 5.92 Å². The Morgan fingerprint density at radius 1 is 1.28 bits per heavy atom. The van der Waals surface area contributed by atoms with Gasteiger partial charge < -0.3 is 14.2 Å². The van der Waals surface area contributed by atoms with Crippen molar-refractivity contribution >= 4 is 51.1 Å². The van der Waals surface area contributed by atoms with Crippen LogP contribution in [0.4, 0.5) is 0 Å². The summed E-state index contributed by atoms with van der Waals surface area (Å²) in [6, 6.07) is 7.57. The summed E-state index contributed by atoms with van der Waals surface area (Å²) in [6.07, 6.45) is 2.20. The summed E-state index contributed by atoms with van der Waals surface area (Å²) in [7, 11) is 1.33. The molecule has 0 N–H and O–H groups in total. The van der Waals surface area contributed by atoms with Crippen molar-refractivity contribution in [1.82, 2.24) is 9.47 Å². The molecule has 3 rings (SSSR count). The highest BCUT2D eigenvalue weighted by Gasteiger charge is 2.21. The number of carbonyl (C=O) groups is 3. The van der Waals surface area contributed by atoms with Crippen molar-refractivity contribution in [1.29, 1.82) is 0 Å². The first-order valence-electron chi connectivity index (χ1n) is 9.56. The molecule has 1 unspecified atom stereocenters. The average Bonchev–Trinajstić information content (AvgIpc) is 3.04. The van der Waals surface area contributed by atoms with E-state index in [2.05, 4.69) is 11.9 Å². The number of hydrogen-bond donors (Lipinski definition) is 0. The van der Waals surface area contributed by atoms with E-state index in [1.165, 1.54) is 30.2 Å². The van der Waals surface area contributed by atoms with E-state index < -0.39 is 5.97 Å². The number of piperidine rings is 1. The number of amides is 2. The molecule has 1 aromatic carbocycles. The Morgan fingerprint density at radius 2 is 2.07 bits per heavy atom. The van der Waals surface area contributed by atoms with Gasteiger partial charge in [0.15, 0.2) is 4.80 Å². The molecule has 1 aliphatic rings. The van der Waals surface area contributed by atoms with E-state index in [0.29, 0.717) is 10.7 Å². The number of ether oxygens (including phenoxy) is 1. The van der Waals surface area contributed by atoms with Crippen LogP contribution in [0.15, 0.2) is 29.3 Å². The SMILES string of the molecule is COC(=O)Cn1c(=NC(=O)CSCC(=O)N2CCCC(C)C2)sc2ccccc21. The Kier molecular flexibility index (Phi) is 7.49. The van der Waals surface area contributed by atoms with E-state index in [1.54, 1.807) is 4.57 Å². The first kappa shape index (κ1) is 21.6. The maximum atomic E-state index is 12.4. The number of aromatic nitrogens is 1. The number of hydrogen-bond acceptors (Lipinski definition) is 6. The van der Waals surface area contributed by atoms with Crippen LogP contribution in [0.5, 0.6) is 0 Å². The third kappa shape index (κ3) is 5.70. The number of methoxy groups -OCH3 is 1. The second-order valence-corrected chi connectivity index (χ2v) is 9.09. The molecule has 9 heteroatoms. The third-order valence-corrected chi connectivity index (χ3v) is 6.75. The largest absolute Gasteiger partial charge is 0.468 e. The molecule has 0 radical (unpaired) electrons. The molecule has 2 aromatic rings. The van der Waals surface area contributed by atoms with Gasteiger partial charge in [-0.2, -0.15) is 4.99 Å². The molecular weight excluding hydrogens is 410 g/mol. The minimum Gasteiger partial charge on any atom is -0.468 e. The highest BCUT2D eigenvalue weighted by Crippen LogP contribution is 2.18. The Morgan fingerprint density at radius 3 is 2.83 bits per heavy atom. The van der Waals surface area contributed by atoms with Gasteiger partial charge in [0.2, 0.25) is 5.91 Å². The van der Waals surface area contributed by atoms with Gasteiger partial charge in [-0.3, -0.25) is 14.4 Å². The van der Waals surface area contributed by atoms with Crippen LogP contribution in [-0.4, -0.2) is 59.0 Å². The lowest BCUT2D eigenvalue weighted by atomic mass is 10.0. The van der Waals surface area contributed by atoms with Crippen molar-refractivity contribution in [3.63, 3.8) is 0 Å². The topological polar surface area (TPSA) is 81.0 Å². The Labute approximate surface area is 177 Å². The van der Waals surface area contributed by atoms with E-state index in [-0.39, 0.29) is 29.9 Å². The van der Waals surface area contributed by atoms with Crippen LogP contribution < -0.4 is 4.80 Å². The van der Waals surface area contributed by atoms with Gasteiger partial charge in [0.25, 0.3) is 5.91 Å². The average molecular weight is 436 g/mol. The van der Waals surface area contributed by atoms with Crippen molar-refractivity contribution in [3.8, 4) is 0 Å². The molecule has 1 saturated heterocycles. The number of esters is 1. The van der Waals surface area contributed by atoms with E-state index in [1.807, 2.05) is 29.2 Å². The molecule has 0 bridgehead atoms. The van der Waals surface area contributed by atoms with E-state index in [4.69, 9.17) is 4.74 Å². The number of benzene rings is 1. The Balaban J connectivity index is 1.65. The van der Waals surface area contributed by atoms with Crippen molar-refractivity contribution in [2.24, 2.45) is 10.9 Å². The number of thiazole rings is 1. The number of likely N-dealkylation sites (tertiary alicyclic amines) is 1. The van der Waals surface area contributed by atoms with E-state index >= 15 is 0 Å². The molecular formula is C20H25N3O4S2. The number of carbonyl (C=O) groups excluding carboxylic acids is 3. The molecule has 1 atom stereocenters. The lowest BCUT2D eigenvalue weighted by Gasteiger charge is -2.30. The first-order valence-corrected chi connectivity index (χ1v) is 11.5. The predicted molar refractivity (Wildman–Crippen MR) is 115 cm³/mol. The van der Waals surface area contributed by atoms with Crippen LogP contribution in [0.2, 0.25) is 0 Å². The van der Waals surface area contributed by atoms with Gasteiger partial charge in [-0.05, 0) is 30.9 Å². The summed E-state index contributed by atoms with van der Waals surface area (Å²) in [6.45, 7) is 3.75. The van der Waals surface area contributed by atoms with Crippen molar-refractivity contribution in [3.05, 3.63) is 29.1 Å². The molecule has 156 valence electrons. The minimum absolute atomic E-state index is 0.00853. The Bertz CT molecular complexity index is 966. The molecule has 2 amide bonds. The van der Waals surface area contributed by atoms with Gasteiger partial charge in [-0.25, -0.2) is 0 Å². The number of nitrogens with zero attached hydrogens (tertiary/aromatic N) is 3. The Hall–Kier alpha value is -2.13.